The zero-order valence-electron chi connectivity index (χ0n) is 10.3. The van der Waals surface area contributed by atoms with Crippen molar-refractivity contribution in [2.24, 2.45) is 0 Å². The van der Waals surface area contributed by atoms with Crippen LogP contribution in [-0.2, 0) is 19.3 Å². The topological polar surface area (TPSA) is 40.5 Å². The number of aryl methyl sites for hydroxylation is 3. The van der Waals surface area contributed by atoms with Gasteiger partial charge >= 0.3 is 0 Å². The third kappa shape index (κ3) is 3.22. The van der Waals surface area contributed by atoms with E-state index in [1.54, 1.807) is 0 Å². The summed E-state index contributed by atoms with van der Waals surface area (Å²) in [6.45, 7) is 3.56. The van der Waals surface area contributed by atoms with E-state index in [2.05, 4.69) is 13.0 Å². The predicted octanol–water partition coefficient (Wildman–Crippen LogP) is 2.79. The number of rotatable bonds is 4. The van der Waals surface area contributed by atoms with Crippen LogP contribution < -0.4 is 0 Å². The molecule has 0 unspecified atom stereocenters. The highest BCUT2D eigenvalue weighted by Crippen LogP contribution is 2.29. The normalized spacial score (nSPS) is 16.6. The second-order valence-electron chi connectivity index (χ2n) is 5.00. The van der Waals surface area contributed by atoms with Crippen LogP contribution in [0.5, 0.6) is 5.75 Å². The van der Waals surface area contributed by atoms with Gasteiger partial charge in [-0.3, -0.25) is 0 Å². The van der Waals surface area contributed by atoms with Gasteiger partial charge in [0.1, 0.15) is 5.75 Å². The second kappa shape index (κ2) is 5.54. The summed E-state index contributed by atoms with van der Waals surface area (Å²) >= 11 is 0. The summed E-state index contributed by atoms with van der Waals surface area (Å²) in [4.78, 5) is 0. The van der Waals surface area contributed by atoms with Gasteiger partial charge in [0.2, 0.25) is 0 Å². The molecule has 1 aromatic rings. The summed E-state index contributed by atoms with van der Waals surface area (Å²) in [5.41, 5.74) is 3.74. The molecule has 2 N–H and O–H groups in total. The van der Waals surface area contributed by atoms with Crippen molar-refractivity contribution in [2.75, 3.05) is 0 Å². The number of hydrogen-bond donors (Lipinski definition) is 2. The fourth-order valence-corrected chi connectivity index (χ4v) is 2.55. The lowest BCUT2D eigenvalue weighted by Crippen LogP contribution is -2.04. The molecule has 0 spiro atoms. The summed E-state index contributed by atoms with van der Waals surface area (Å²) in [7, 11) is 0. The van der Waals surface area contributed by atoms with Gasteiger partial charge in [-0.15, -0.1) is 0 Å². The first-order valence-corrected chi connectivity index (χ1v) is 6.51. The Morgan fingerprint density at radius 1 is 1.18 bits per heavy atom. The van der Waals surface area contributed by atoms with Gasteiger partial charge in [-0.2, -0.15) is 0 Å². The molecule has 1 aliphatic rings. The molecule has 93 valence electrons. The number of aliphatic hydroxyl groups excluding tert-OH is 1. The van der Waals surface area contributed by atoms with Crippen molar-refractivity contribution in [3.8, 4) is 5.75 Å². The van der Waals surface area contributed by atoms with Crippen molar-refractivity contribution in [3.63, 3.8) is 0 Å². The van der Waals surface area contributed by atoms with Crippen molar-refractivity contribution >= 4 is 0 Å². The first kappa shape index (κ1) is 12.4. The highest BCUT2D eigenvalue weighted by molar-refractivity contribution is 5.43. The third-order valence-corrected chi connectivity index (χ3v) is 3.53. The summed E-state index contributed by atoms with van der Waals surface area (Å²) in [6, 6.07) is 4.09. The minimum absolute atomic E-state index is 0.421. The molecule has 0 amide bonds. The van der Waals surface area contributed by atoms with Gasteiger partial charge in [-0.05, 0) is 74.6 Å². The largest absolute Gasteiger partial charge is 0.508 e. The molecule has 0 aliphatic heterocycles. The van der Waals surface area contributed by atoms with Crippen LogP contribution in [0.4, 0.5) is 0 Å². The standard InChI is InChI=1S/C15H21O2/c1-11(16)5-4-8-14-9-12-6-2-3-7-13(12)10-15(14)17/h9-11,16-17H,1-8H2/t11-/m0/s1. The van der Waals surface area contributed by atoms with E-state index in [4.69, 9.17) is 5.11 Å². The van der Waals surface area contributed by atoms with Gasteiger partial charge in [0.15, 0.2) is 0 Å². The lowest BCUT2D eigenvalue weighted by molar-refractivity contribution is 0.207. The van der Waals surface area contributed by atoms with Crippen LogP contribution in [0, 0.1) is 6.92 Å². The number of benzene rings is 1. The highest BCUT2D eigenvalue weighted by Gasteiger charge is 2.13. The van der Waals surface area contributed by atoms with E-state index in [9.17, 15) is 5.11 Å². The Kier molecular flexibility index (Phi) is 4.06. The Morgan fingerprint density at radius 3 is 2.47 bits per heavy atom. The number of phenolic OH excluding ortho intramolecular Hbond substituents is 1. The molecule has 1 atom stereocenters. The highest BCUT2D eigenvalue weighted by atomic mass is 16.3. The van der Waals surface area contributed by atoms with Crippen LogP contribution in [-0.4, -0.2) is 16.3 Å². The van der Waals surface area contributed by atoms with Crippen LogP contribution >= 0.6 is 0 Å². The first-order valence-electron chi connectivity index (χ1n) is 6.51. The van der Waals surface area contributed by atoms with Gasteiger partial charge in [0.25, 0.3) is 0 Å². The lowest BCUT2D eigenvalue weighted by Gasteiger charge is -2.18. The molecule has 1 radical (unpaired) electrons. The molecule has 0 heterocycles. The van der Waals surface area contributed by atoms with Gasteiger partial charge in [-0.25, -0.2) is 0 Å². The zero-order valence-corrected chi connectivity index (χ0v) is 10.3. The lowest BCUT2D eigenvalue weighted by atomic mass is 9.89. The van der Waals surface area contributed by atoms with Crippen molar-refractivity contribution in [1.82, 2.24) is 0 Å². The van der Waals surface area contributed by atoms with E-state index >= 15 is 0 Å². The monoisotopic (exact) mass is 233 g/mol. The molecule has 0 fully saturated rings. The minimum atomic E-state index is -0.491. The molecule has 17 heavy (non-hydrogen) atoms. The fraction of sp³-hybridized carbons (Fsp3) is 0.533. The maximum atomic E-state index is 9.95. The van der Waals surface area contributed by atoms with E-state index in [1.807, 2.05) is 6.07 Å². The van der Waals surface area contributed by atoms with Gasteiger partial charge < -0.3 is 10.2 Å². The number of aliphatic hydroxyl groups is 1. The Morgan fingerprint density at radius 2 is 1.82 bits per heavy atom. The fourth-order valence-electron chi connectivity index (χ4n) is 2.55. The first-order chi connectivity index (χ1) is 8.16. The molecule has 2 nitrogen and oxygen atoms in total. The predicted molar refractivity (Wildman–Crippen MR) is 69.1 cm³/mol. The molecule has 1 aromatic carbocycles. The number of phenols is 1. The number of aromatic hydroxyl groups is 1. The van der Waals surface area contributed by atoms with Crippen LogP contribution in [0.3, 0.4) is 0 Å². The molecule has 0 aromatic heterocycles. The van der Waals surface area contributed by atoms with Crippen LogP contribution in [0.1, 0.15) is 42.4 Å². The molecule has 0 saturated carbocycles. The molecule has 0 saturated heterocycles. The molecule has 2 heteroatoms. The molecule has 2 rings (SSSR count). The summed E-state index contributed by atoms with van der Waals surface area (Å²) in [5.74, 6) is 0.421. The van der Waals surface area contributed by atoms with Crippen LogP contribution in [0.25, 0.3) is 0 Å². The van der Waals surface area contributed by atoms with Gasteiger partial charge in [-0.1, -0.05) is 6.07 Å². The molecular weight excluding hydrogens is 212 g/mol. The average Bonchev–Trinajstić information content (AvgIpc) is 2.29. The van der Waals surface area contributed by atoms with Gasteiger partial charge in [0.05, 0.1) is 6.10 Å². The maximum Gasteiger partial charge on any atom is 0.119 e. The summed E-state index contributed by atoms with van der Waals surface area (Å²) in [5, 5.41) is 19.1. The molecular formula is C15H21O2. The smallest absolute Gasteiger partial charge is 0.119 e. The summed E-state index contributed by atoms with van der Waals surface area (Å²) in [6.07, 6.45) is 6.63. The van der Waals surface area contributed by atoms with Crippen LogP contribution in [0.2, 0.25) is 0 Å². The number of hydrogen-bond acceptors (Lipinski definition) is 2. The molecule has 1 aliphatic carbocycles. The van der Waals surface area contributed by atoms with Crippen LogP contribution in [0.15, 0.2) is 12.1 Å². The zero-order chi connectivity index (χ0) is 12.3. The summed E-state index contributed by atoms with van der Waals surface area (Å²) < 4.78 is 0. The Labute approximate surface area is 103 Å². The van der Waals surface area contributed by atoms with Crippen molar-refractivity contribution < 1.29 is 10.2 Å². The van der Waals surface area contributed by atoms with E-state index in [0.717, 1.165) is 31.2 Å². The second-order valence-corrected chi connectivity index (χ2v) is 5.00. The third-order valence-electron chi connectivity index (χ3n) is 3.53. The Bertz CT molecular complexity index is 383. The quantitative estimate of drug-likeness (QED) is 0.839. The Balaban J connectivity index is 2.06. The van der Waals surface area contributed by atoms with E-state index < -0.39 is 6.10 Å². The van der Waals surface area contributed by atoms with E-state index in [-0.39, 0.29) is 0 Å². The van der Waals surface area contributed by atoms with Gasteiger partial charge in [0, 0.05) is 0 Å². The van der Waals surface area contributed by atoms with E-state index in [0.29, 0.717) is 12.2 Å². The maximum absolute atomic E-state index is 9.95. The van der Waals surface area contributed by atoms with Crippen molar-refractivity contribution in [1.29, 1.82) is 0 Å². The van der Waals surface area contributed by atoms with E-state index in [1.165, 1.54) is 24.0 Å². The van der Waals surface area contributed by atoms with Crippen molar-refractivity contribution in [2.45, 2.75) is 51.0 Å². The average molecular weight is 233 g/mol. The SMILES string of the molecule is [CH2][C@H](O)CCCc1cc2c(cc1O)CCCC2. The number of fused-ring (bicyclic) bond motifs is 1. The molecule has 0 bridgehead atoms. The Hall–Kier alpha value is -1.02. The minimum Gasteiger partial charge on any atom is -0.508 e. The van der Waals surface area contributed by atoms with Crippen molar-refractivity contribution in [3.05, 3.63) is 35.7 Å².